The molecule has 0 aliphatic carbocycles. The number of aliphatic carboxylic acids is 1. The number of hydrogen-bond acceptors (Lipinski definition) is 5. The van der Waals surface area contributed by atoms with Crippen molar-refractivity contribution in [2.75, 3.05) is 6.54 Å². The number of benzene rings is 3. The summed E-state index contributed by atoms with van der Waals surface area (Å²) in [5.41, 5.74) is 2.27. The van der Waals surface area contributed by atoms with Crippen molar-refractivity contribution in [2.24, 2.45) is 0 Å². The molecule has 3 rings (SSSR count). The van der Waals surface area contributed by atoms with E-state index in [4.69, 9.17) is 5.11 Å². The molecule has 3 N–H and O–H groups in total. The summed E-state index contributed by atoms with van der Waals surface area (Å²) in [6.45, 7) is 1.53. The molecule has 0 spiro atoms. The van der Waals surface area contributed by atoms with Crippen LogP contribution < -0.4 is 5.32 Å². The number of carbonyl (C=O) groups is 1. The van der Waals surface area contributed by atoms with Gasteiger partial charge in [0.15, 0.2) is 0 Å². The van der Waals surface area contributed by atoms with E-state index in [0.29, 0.717) is 0 Å². The predicted octanol–water partition coefficient (Wildman–Crippen LogP) is 3.18. The van der Waals surface area contributed by atoms with Crippen molar-refractivity contribution in [1.29, 1.82) is 0 Å². The van der Waals surface area contributed by atoms with Crippen molar-refractivity contribution >= 4 is 15.8 Å². The highest BCUT2D eigenvalue weighted by molar-refractivity contribution is 7.91. The second-order valence-corrected chi connectivity index (χ2v) is 8.87. The summed E-state index contributed by atoms with van der Waals surface area (Å²) in [7, 11) is -3.81. The number of carboxylic acid groups (broad SMARTS) is 1. The van der Waals surface area contributed by atoms with Crippen LogP contribution in [0.5, 0.6) is 5.75 Å². The summed E-state index contributed by atoms with van der Waals surface area (Å²) in [5, 5.41) is 22.0. The van der Waals surface area contributed by atoms with Crippen molar-refractivity contribution < 1.29 is 23.4 Å². The van der Waals surface area contributed by atoms with Gasteiger partial charge in [0.05, 0.1) is 16.2 Å². The first kappa shape index (κ1) is 21.5. The molecule has 7 heteroatoms. The monoisotopic (exact) mass is 425 g/mol. The lowest BCUT2D eigenvalue weighted by Crippen LogP contribution is -2.16. The second kappa shape index (κ2) is 9.56. The van der Waals surface area contributed by atoms with Gasteiger partial charge >= 0.3 is 5.97 Å². The van der Waals surface area contributed by atoms with Crippen molar-refractivity contribution in [3.63, 3.8) is 0 Å². The van der Waals surface area contributed by atoms with Crippen LogP contribution in [-0.4, -0.2) is 31.1 Å². The first-order chi connectivity index (χ1) is 14.4. The van der Waals surface area contributed by atoms with Gasteiger partial charge in [0, 0.05) is 12.1 Å². The Morgan fingerprint density at radius 3 is 2.20 bits per heavy atom. The minimum atomic E-state index is -3.81. The van der Waals surface area contributed by atoms with Gasteiger partial charge in [-0.3, -0.25) is 4.79 Å². The van der Waals surface area contributed by atoms with Crippen molar-refractivity contribution in [3.8, 4) is 5.75 Å². The van der Waals surface area contributed by atoms with Gasteiger partial charge in [-0.1, -0.05) is 42.5 Å². The highest BCUT2D eigenvalue weighted by Crippen LogP contribution is 2.26. The Labute approximate surface area is 175 Å². The van der Waals surface area contributed by atoms with Crippen LogP contribution in [-0.2, 0) is 34.0 Å². The van der Waals surface area contributed by atoms with Crippen LogP contribution in [0.4, 0.5) is 0 Å². The number of nitrogens with one attached hydrogen (secondary N) is 1. The summed E-state index contributed by atoms with van der Waals surface area (Å²) >= 11 is 0. The molecule has 0 aliphatic rings. The molecule has 0 bridgehead atoms. The lowest BCUT2D eigenvalue weighted by molar-refractivity contribution is -0.136. The number of carboxylic acids is 1. The van der Waals surface area contributed by atoms with E-state index in [2.05, 4.69) is 17.4 Å². The Morgan fingerprint density at radius 2 is 1.53 bits per heavy atom. The maximum Gasteiger partial charge on any atom is 0.307 e. The standard InChI is InChI=1S/C23H23NO5S/c25-22-11-10-21(14-19(22)15-23(26)27)30(28,29)20-8-6-17(7-9-20)12-13-24-16-18-4-2-1-3-5-18/h1-11,14,24-25H,12-13,15-16H2,(H,26,27). The van der Waals surface area contributed by atoms with E-state index in [1.165, 1.54) is 23.8 Å². The largest absolute Gasteiger partial charge is 0.508 e. The van der Waals surface area contributed by atoms with Gasteiger partial charge in [-0.05, 0) is 54.4 Å². The fourth-order valence-corrected chi connectivity index (χ4v) is 4.38. The summed E-state index contributed by atoms with van der Waals surface area (Å²) < 4.78 is 25.7. The van der Waals surface area contributed by atoms with Gasteiger partial charge in [0.1, 0.15) is 5.75 Å². The molecule has 0 aliphatic heterocycles. The molecule has 156 valence electrons. The molecule has 0 amide bonds. The number of hydrogen-bond donors (Lipinski definition) is 3. The van der Waals surface area contributed by atoms with Crippen LogP contribution in [0.2, 0.25) is 0 Å². The minimum Gasteiger partial charge on any atom is -0.508 e. The van der Waals surface area contributed by atoms with Crippen LogP contribution in [0.25, 0.3) is 0 Å². The maximum atomic E-state index is 12.9. The molecule has 0 atom stereocenters. The van der Waals surface area contributed by atoms with E-state index >= 15 is 0 Å². The third-order valence-corrected chi connectivity index (χ3v) is 6.47. The van der Waals surface area contributed by atoms with Crippen molar-refractivity contribution in [2.45, 2.75) is 29.2 Å². The zero-order valence-corrected chi connectivity index (χ0v) is 17.1. The highest BCUT2D eigenvalue weighted by Gasteiger charge is 2.20. The normalized spacial score (nSPS) is 11.3. The smallest absolute Gasteiger partial charge is 0.307 e. The molecule has 0 fully saturated rings. The number of rotatable bonds is 9. The quantitative estimate of drug-likeness (QED) is 0.455. The molecule has 0 saturated heterocycles. The van der Waals surface area contributed by atoms with Crippen LogP contribution >= 0.6 is 0 Å². The molecule has 6 nitrogen and oxygen atoms in total. The Balaban J connectivity index is 1.65. The van der Waals surface area contributed by atoms with Gasteiger partial charge < -0.3 is 15.5 Å². The van der Waals surface area contributed by atoms with Crippen LogP contribution in [0.15, 0.2) is 82.6 Å². The van der Waals surface area contributed by atoms with Crippen LogP contribution in [0.3, 0.4) is 0 Å². The van der Waals surface area contributed by atoms with Gasteiger partial charge in [-0.15, -0.1) is 0 Å². The Kier molecular flexibility index (Phi) is 6.87. The number of aromatic hydroxyl groups is 1. The number of sulfone groups is 1. The summed E-state index contributed by atoms with van der Waals surface area (Å²) in [4.78, 5) is 11.0. The molecule has 0 unspecified atom stereocenters. The van der Waals surface area contributed by atoms with E-state index in [1.807, 2.05) is 18.2 Å². The van der Waals surface area contributed by atoms with Crippen LogP contribution in [0.1, 0.15) is 16.7 Å². The fourth-order valence-electron chi connectivity index (χ4n) is 3.07. The summed E-state index contributed by atoms with van der Waals surface area (Å²) in [6, 6.07) is 20.4. The van der Waals surface area contributed by atoms with E-state index in [-0.39, 0.29) is 21.1 Å². The van der Waals surface area contributed by atoms with E-state index < -0.39 is 22.2 Å². The third kappa shape index (κ3) is 5.46. The maximum absolute atomic E-state index is 12.9. The van der Waals surface area contributed by atoms with E-state index in [0.717, 1.165) is 25.1 Å². The van der Waals surface area contributed by atoms with Crippen molar-refractivity contribution in [3.05, 3.63) is 89.5 Å². The van der Waals surface area contributed by atoms with Crippen LogP contribution in [0, 0.1) is 0 Å². The lowest BCUT2D eigenvalue weighted by atomic mass is 10.1. The number of phenolic OH excluding ortho intramolecular Hbond substituents is 1. The predicted molar refractivity (Wildman–Crippen MR) is 113 cm³/mol. The van der Waals surface area contributed by atoms with Crippen molar-refractivity contribution in [1.82, 2.24) is 5.32 Å². The molecular formula is C23H23NO5S. The SMILES string of the molecule is O=C(O)Cc1cc(S(=O)(=O)c2ccc(CCNCc3ccccc3)cc2)ccc1O. The second-order valence-electron chi connectivity index (χ2n) is 6.92. The molecule has 3 aromatic carbocycles. The molecular weight excluding hydrogens is 402 g/mol. The van der Waals surface area contributed by atoms with Gasteiger partial charge in [0.2, 0.25) is 9.84 Å². The van der Waals surface area contributed by atoms with E-state index in [1.54, 1.807) is 24.3 Å². The summed E-state index contributed by atoms with van der Waals surface area (Å²) in [6.07, 6.45) is 0.305. The van der Waals surface area contributed by atoms with Gasteiger partial charge in [-0.25, -0.2) is 8.42 Å². The summed E-state index contributed by atoms with van der Waals surface area (Å²) in [5.74, 6) is -1.39. The first-order valence-electron chi connectivity index (χ1n) is 9.48. The zero-order chi connectivity index (χ0) is 21.6. The average molecular weight is 426 g/mol. The lowest BCUT2D eigenvalue weighted by Gasteiger charge is -2.09. The van der Waals surface area contributed by atoms with Gasteiger partial charge in [0.25, 0.3) is 0 Å². The van der Waals surface area contributed by atoms with E-state index in [9.17, 15) is 18.3 Å². The molecule has 0 saturated carbocycles. The molecule has 0 radical (unpaired) electrons. The molecule has 0 heterocycles. The average Bonchev–Trinajstić information content (AvgIpc) is 2.73. The molecule has 30 heavy (non-hydrogen) atoms. The Hall–Kier alpha value is -3.16. The highest BCUT2D eigenvalue weighted by atomic mass is 32.2. The topological polar surface area (TPSA) is 104 Å². The molecule has 3 aromatic rings. The third-order valence-electron chi connectivity index (χ3n) is 4.70. The fraction of sp³-hybridized carbons (Fsp3) is 0.174. The first-order valence-corrected chi connectivity index (χ1v) is 11.0. The molecule has 0 aromatic heterocycles. The minimum absolute atomic E-state index is 0.0474. The zero-order valence-electron chi connectivity index (χ0n) is 16.3. The Morgan fingerprint density at radius 1 is 0.867 bits per heavy atom. The Bertz CT molecular complexity index is 1110. The van der Waals surface area contributed by atoms with Gasteiger partial charge in [-0.2, -0.15) is 0 Å². The number of phenols is 1.